The van der Waals surface area contributed by atoms with Crippen LogP contribution in [0, 0.1) is 0 Å². The summed E-state index contributed by atoms with van der Waals surface area (Å²) in [5, 5.41) is 31.6. The molecular formula is C40H41KN8O4. The summed E-state index contributed by atoms with van der Waals surface area (Å²) in [4.78, 5) is 45.6. The molecule has 0 radical (unpaired) electrons. The van der Waals surface area contributed by atoms with E-state index in [9.17, 15) is 19.5 Å². The maximum absolute atomic E-state index is 14.3. The fourth-order valence-electron chi connectivity index (χ4n) is 7.14. The third-order valence-electron chi connectivity index (χ3n) is 9.78. The van der Waals surface area contributed by atoms with Crippen LogP contribution in [0.4, 0.5) is 0 Å². The van der Waals surface area contributed by atoms with Crippen molar-refractivity contribution in [3.63, 3.8) is 0 Å². The number of carbonyl (C=O) groups excluding carboxylic acids is 3. The number of hydrogen-bond donors (Lipinski definition) is 2. The van der Waals surface area contributed by atoms with Gasteiger partial charge in [0.15, 0.2) is 0 Å². The summed E-state index contributed by atoms with van der Waals surface area (Å²) in [6.07, 6.45) is 3.58. The van der Waals surface area contributed by atoms with Gasteiger partial charge >= 0.3 is 51.4 Å². The van der Waals surface area contributed by atoms with E-state index in [0.717, 1.165) is 45.6 Å². The molecule has 2 aromatic heterocycles. The molecule has 0 unspecified atom stereocenters. The number of tetrazole rings is 1. The van der Waals surface area contributed by atoms with Crippen molar-refractivity contribution < 1.29 is 70.9 Å². The van der Waals surface area contributed by atoms with E-state index in [2.05, 4.69) is 25.9 Å². The van der Waals surface area contributed by atoms with Crippen LogP contribution in [0.25, 0.3) is 21.7 Å². The van der Waals surface area contributed by atoms with Crippen LogP contribution in [0.5, 0.6) is 0 Å². The number of rotatable bonds is 13. The van der Waals surface area contributed by atoms with Gasteiger partial charge in [-0.15, -0.1) is 0 Å². The van der Waals surface area contributed by atoms with Gasteiger partial charge in [-0.1, -0.05) is 91.0 Å². The number of nitrogens with one attached hydrogen (secondary N) is 1. The van der Waals surface area contributed by atoms with Crippen LogP contribution in [0.3, 0.4) is 0 Å². The molecule has 7 rings (SSSR count). The normalized spacial score (nSPS) is 16.0. The number of carbonyl (C=O) groups is 3. The molecule has 1 aliphatic heterocycles. The molecule has 1 aliphatic rings. The van der Waals surface area contributed by atoms with Crippen molar-refractivity contribution in [3.05, 3.63) is 126 Å². The SMILES string of the molecule is CN(Cc1ccccc1)C(=O)[C@H](Cc1ccc2ccccc2c1)NC(=O)[C@@H]1C[C@@H](O)CN1C(=O)c1cn(CCCCc2nnn[n-]2)c2ccccc12.[K+]. The first-order valence-electron chi connectivity index (χ1n) is 17.7. The number of β-amino-alcohol motifs (C(OH)–C–C–N with tert-alkyl or cyclic N) is 1. The summed E-state index contributed by atoms with van der Waals surface area (Å²) in [6.45, 7) is 1.04. The number of unbranched alkanes of at least 4 members (excludes halogenated alkanes) is 1. The first kappa shape index (κ1) is 38.5. The van der Waals surface area contributed by atoms with Gasteiger partial charge in [0, 0.05) is 62.4 Å². The largest absolute Gasteiger partial charge is 1.00 e. The Morgan fingerprint density at radius 2 is 1.70 bits per heavy atom. The molecule has 1 fully saturated rings. The van der Waals surface area contributed by atoms with E-state index >= 15 is 0 Å². The number of likely N-dealkylation sites (N-methyl/N-ethyl adjacent to an activating group) is 1. The number of aliphatic hydroxyl groups is 1. The summed E-state index contributed by atoms with van der Waals surface area (Å²) < 4.78 is 2.05. The number of para-hydroxylation sites is 1. The second-order valence-corrected chi connectivity index (χ2v) is 13.5. The molecule has 12 nitrogen and oxygen atoms in total. The zero-order valence-electron chi connectivity index (χ0n) is 30.0. The number of fused-ring (bicyclic) bond motifs is 2. The maximum atomic E-state index is 14.3. The summed E-state index contributed by atoms with van der Waals surface area (Å²) in [6, 6.07) is 29.5. The molecule has 6 aromatic rings. The number of benzene rings is 4. The molecule has 3 atom stereocenters. The second-order valence-electron chi connectivity index (χ2n) is 13.5. The van der Waals surface area contributed by atoms with E-state index in [1.807, 2.05) is 108 Å². The first-order chi connectivity index (χ1) is 25.3. The zero-order chi connectivity index (χ0) is 36.0. The molecule has 0 saturated carbocycles. The molecule has 3 heterocycles. The van der Waals surface area contributed by atoms with E-state index < -0.39 is 24.1 Å². The van der Waals surface area contributed by atoms with Crippen LogP contribution in [-0.2, 0) is 35.5 Å². The number of amides is 3. The number of likely N-dealkylation sites (tertiary alicyclic amines) is 1. The van der Waals surface area contributed by atoms with Gasteiger partial charge in [-0.25, -0.2) is 0 Å². The molecule has 2 N–H and O–H groups in total. The van der Waals surface area contributed by atoms with Gasteiger partial charge in [-0.2, -0.15) is 5.21 Å². The van der Waals surface area contributed by atoms with Crippen molar-refractivity contribution in [2.75, 3.05) is 13.6 Å². The molecule has 1 saturated heterocycles. The van der Waals surface area contributed by atoms with Crippen LogP contribution in [0.1, 0.15) is 46.6 Å². The van der Waals surface area contributed by atoms with Crippen molar-refractivity contribution in [2.24, 2.45) is 0 Å². The van der Waals surface area contributed by atoms with Gasteiger partial charge in [-0.3, -0.25) is 24.7 Å². The van der Waals surface area contributed by atoms with Crippen molar-refractivity contribution in [2.45, 2.75) is 63.4 Å². The molecule has 4 aromatic carbocycles. The fraction of sp³-hybridized carbons (Fsp3) is 0.300. The van der Waals surface area contributed by atoms with Crippen molar-refractivity contribution in [1.82, 2.24) is 40.3 Å². The van der Waals surface area contributed by atoms with Crippen molar-refractivity contribution >= 4 is 39.4 Å². The average molecular weight is 737 g/mol. The second kappa shape index (κ2) is 17.7. The van der Waals surface area contributed by atoms with Crippen LogP contribution < -0.4 is 61.8 Å². The van der Waals surface area contributed by atoms with Crippen molar-refractivity contribution in [1.29, 1.82) is 0 Å². The third-order valence-corrected chi connectivity index (χ3v) is 9.78. The Morgan fingerprint density at radius 3 is 2.49 bits per heavy atom. The van der Waals surface area contributed by atoms with Gasteiger partial charge < -0.3 is 29.9 Å². The van der Waals surface area contributed by atoms with Crippen LogP contribution in [0.15, 0.2) is 103 Å². The predicted molar refractivity (Wildman–Crippen MR) is 196 cm³/mol. The minimum absolute atomic E-state index is 0. The third kappa shape index (κ3) is 9.11. The Hall–Kier alpha value is -4.24. The molecule has 3 amide bonds. The Balaban J connectivity index is 0.00000481. The number of aromatic nitrogens is 5. The van der Waals surface area contributed by atoms with Gasteiger partial charge in [0.25, 0.3) is 5.91 Å². The molecule has 0 spiro atoms. The minimum Gasteiger partial charge on any atom is -0.391 e. The van der Waals surface area contributed by atoms with Gasteiger partial charge in [0.2, 0.25) is 11.8 Å². The molecule has 266 valence electrons. The molecule has 13 heteroatoms. The smallest absolute Gasteiger partial charge is 0.391 e. The maximum Gasteiger partial charge on any atom is 1.00 e. The number of nitrogens with zero attached hydrogens (tertiary/aromatic N) is 7. The van der Waals surface area contributed by atoms with E-state index in [1.165, 1.54) is 4.90 Å². The number of hydrogen-bond acceptors (Lipinski definition) is 7. The van der Waals surface area contributed by atoms with Crippen LogP contribution in [0.2, 0.25) is 0 Å². The van der Waals surface area contributed by atoms with E-state index in [0.29, 0.717) is 30.9 Å². The predicted octanol–water partition coefficient (Wildman–Crippen LogP) is 0.925. The zero-order valence-corrected chi connectivity index (χ0v) is 33.1. The molecule has 0 bridgehead atoms. The monoisotopic (exact) mass is 736 g/mol. The van der Waals surface area contributed by atoms with Crippen molar-refractivity contribution in [3.8, 4) is 0 Å². The van der Waals surface area contributed by atoms with Crippen LogP contribution in [-0.4, -0.2) is 84.5 Å². The summed E-state index contributed by atoms with van der Waals surface area (Å²) >= 11 is 0. The summed E-state index contributed by atoms with van der Waals surface area (Å²) in [5.74, 6) is -0.455. The van der Waals surface area contributed by atoms with Gasteiger partial charge in [-0.05, 0) is 47.2 Å². The topological polar surface area (TPSA) is 148 Å². The van der Waals surface area contributed by atoms with E-state index in [-0.39, 0.29) is 82.6 Å². The Kier molecular flexibility index (Phi) is 12.9. The number of aryl methyl sites for hydroxylation is 2. The minimum atomic E-state index is -0.956. The Labute approximate surface area is 350 Å². The number of aliphatic hydroxyl groups excluding tert-OH is 1. The average Bonchev–Trinajstić information content (AvgIpc) is 3.92. The Bertz CT molecular complexity index is 2170. The standard InChI is InChI=1S/C40H42N8O4.K/c1-46(24-27-11-3-2-4-12-27)40(52)34(22-28-18-19-29-13-5-6-14-30(29)21-28)41-38(50)36-23-31(49)25-48(36)39(51)33-26-47(35-16-8-7-15-32(33)35)20-10-9-17-37-42-44-45-43-37;/h2-8,11-16,18-19,21,26,31,34,36,49H,9-10,17,20,22-25H2,1H3,(H2,41,42,43,44,45,50);/q;+1/p-1/t31-,34+,36+;/m1./s1. The van der Waals surface area contributed by atoms with Crippen LogP contribution >= 0.6 is 0 Å². The fourth-order valence-corrected chi connectivity index (χ4v) is 7.14. The molecule has 0 aliphatic carbocycles. The first-order valence-corrected chi connectivity index (χ1v) is 17.7. The van der Waals surface area contributed by atoms with Gasteiger partial charge in [0.05, 0.1) is 11.7 Å². The van der Waals surface area contributed by atoms with E-state index in [4.69, 9.17) is 0 Å². The summed E-state index contributed by atoms with van der Waals surface area (Å²) in [5.41, 5.74) is 3.23. The van der Waals surface area contributed by atoms with Gasteiger partial charge in [0.1, 0.15) is 12.1 Å². The quantitative estimate of drug-likeness (QED) is 0.132. The molecular weight excluding hydrogens is 696 g/mol. The van der Waals surface area contributed by atoms with E-state index in [1.54, 1.807) is 11.9 Å². The Morgan fingerprint density at radius 1 is 0.943 bits per heavy atom. The summed E-state index contributed by atoms with van der Waals surface area (Å²) in [7, 11) is 1.73. The molecule has 53 heavy (non-hydrogen) atoms.